The van der Waals surface area contributed by atoms with Gasteiger partial charge >= 0.3 is 0 Å². The second-order valence-electron chi connectivity index (χ2n) is 6.40. The third-order valence-corrected chi connectivity index (χ3v) is 5.22. The van der Waals surface area contributed by atoms with E-state index >= 15 is 0 Å². The molecule has 1 aromatic heterocycles. The third kappa shape index (κ3) is 4.09. The molecule has 1 heterocycles. The molecule has 144 valence electrons. The van der Waals surface area contributed by atoms with Crippen LogP contribution in [0.1, 0.15) is 16.2 Å². The van der Waals surface area contributed by atoms with Crippen molar-refractivity contribution in [2.75, 3.05) is 5.32 Å². The van der Waals surface area contributed by atoms with Gasteiger partial charge in [0.25, 0.3) is 5.91 Å². The van der Waals surface area contributed by atoms with Gasteiger partial charge in [0.05, 0.1) is 16.4 Å². The molecule has 0 aliphatic rings. The molecule has 29 heavy (non-hydrogen) atoms. The zero-order valence-corrected chi connectivity index (χ0v) is 17.8. The van der Waals surface area contributed by atoms with Crippen LogP contribution in [-0.2, 0) is 0 Å². The van der Waals surface area contributed by atoms with Crippen molar-refractivity contribution in [3.63, 3.8) is 0 Å². The summed E-state index contributed by atoms with van der Waals surface area (Å²) in [7, 11) is 0. The fraction of sp³-hybridized carbons (Fsp3) is 0.0455. The van der Waals surface area contributed by atoms with Gasteiger partial charge in [-0.05, 0) is 42.8 Å². The predicted molar refractivity (Wildman–Crippen MR) is 119 cm³/mol. The largest absolute Gasteiger partial charge is 0.318 e. The first-order chi connectivity index (χ1) is 14.0. The third-order valence-electron chi connectivity index (χ3n) is 4.37. The van der Waals surface area contributed by atoms with Crippen LogP contribution in [0.5, 0.6) is 0 Å². The lowest BCUT2D eigenvalue weighted by Gasteiger charge is -2.08. The predicted octanol–water partition coefficient (Wildman–Crippen LogP) is 5.91. The Morgan fingerprint density at radius 1 is 1.00 bits per heavy atom. The first kappa shape index (κ1) is 19.4. The summed E-state index contributed by atoms with van der Waals surface area (Å²) in [6.07, 6.45) is 0. The number of anilines is 1. The lowest BCUT2D eigenvalue weighted by molar-refractivity contribution is 0.101. The van der Waals surface area contributed by atoms with Crippen LogP contribution in [0.3, 0.4) is 0 Å². The summed E-state index contributed by atoms with van der Waals surface area (Å²) in [6, 6.07) is 22.7. The first-order valence-electron chi connectivity index (χ1n) is 8.88. The van der Waals surface area contributed by atoms with Gasteiger partial charge in [0.2, 0.25) is 5.82 Å². The fourth-order valence-corrected chi connectivity index (χ4v) is 3.44. The molecule has 4 aromatic rings. The highest BCUT2D eigenvalue weighted by atomic mass is 79.9. The average molecular weight is 468 g/mol. The van der Waals surface area contributed by atoms with Crippen molar-refractivity contribution in [2.24, 2.45) is 0 Å². The number of aromatic nitrogens is 3. The molecular formula is C22H16BrClN4O. The van der Waals surface area contributed by atoms with Gasteiger partial charge in [0, 0.05) is 10.0 Å². The summed E-state index contributed by atoms with van der Waals surface area (Å²) in [6.45, 7) is 1.88. The maximum Gasteiger partial charge on any atom is 0.295 e. The summed E-state index contributed by atoms with van der Waals surface area (Å²) in [5.41, 5.74) is 3.07. The van der Waals surface area contributed by atoms with E-state index in [1.807, 2.05) is 73.7 Å². The number of benzene rings is 3. The van der Waals surface area contributed by atoms with Gasteiger partial charge in [-0.3, -0.25) is 4.79 Å². The van der Waals surface area contributed by atoms with E-state index in [-0.39, 0.29) is 5.82 Å². The molecule has 1 N–H and O–H groups in total. The van der Waals surface area contributed by atoms with E-state index in [2.05, 4.69) is 31.3 Å². The van der Waals surface area contributed by atoms with Crippen LogP contribution >= 0.6 is 27.5 Å². The SMILES string of the molecule is Cc1cccc(Cl)c1NC(=O)c1nc(-c2ccccc2)n(-c2ccc(Br)cc2)n1. The molecular weight excluding hydrogens is 452 g/mol. The molecule has 1 amide bonds. The zero-order valence-electron chi connectivity index (χ0n) is 15.4. The van der Waals surface area contributed by atoms with Crippen molar-refractivity contribution in [3.8, 4) is 17.1 Å². The van der Waals surface area contributed by atoms with Gasteiger partial charge in [0.1, 0.15) is 0 Å². The number of rotatable bonds is 4. The van der Waals surface area contributed by atoms with Gasteiger partial charge in [-0.25, -0.2) is 9.67 Å². The highest BCUT2D eigenvalue weighted by Gasteiger charge is 2.20. The Balaban J connectivity index is 1.77. The number of nitrogens with zero attached hydrogens (tertiary/aromatic N) is 3. The molecule has 0 aliphatic carbocycles. The van der Waals surface area contributed by atoms with Gasteiger partial charge in [-0.15, -0.1) is 5.10 Å². The molecule has 5 nitrogen and oxygen atoms in total. The van der Waals surface area contributed by atoms with E-state index in [9.17, 15) is 4.79 Å². The van der Waals surface area contributed by atoms with Crippen molar-refractivity contribution >= 4 is 39.1 Å². The monoisotopic (exact) mass is 466 g/mol. The number of aryl methyl sites for hydroxylation is 1. The second kappa shape index (κ2) is 8.19. The lowest BCUT2D eigenvalue weighted by Crippen LogP contribution is -2.15. The van der Waals surface area contributed by atoms with Crippen LogP contribution in [0.4, 0.5) is 5.69 Å². The van der Waals surface area contributed by atoms with Crippen molar-refractivity contribution in [1.29, 1.82) is 0 Å². The van der Waals surface area contributed by atoms with Crippen LogP contribution in [0.15, 0.2) is 77.3 Å². The number of para-hydroxylation sites is 1. The van der Waals surface area contributed by atoms with Crippen molar-refractivity contribution in [3.05, 3.63) is 93.7 Å². The zero-order chi connectivity index (χ0) is 20.4. The number of carbonyl (C=O) groups is 1. The summed E-state index contributed by atoms with van der Waals surface area (Å²) in [5, 5.41) is 7.77. The number of hydrogen-bond donors (Lipinski definition) is 1. The number of hydrogen-bond acceptors (Lipinski definition) is 3. The van der Waals surface area contributed by atoms with E-state index in [0.29, 0.717) is 16.5 Å². The van der Waals surface area contributed by atoms with Crippen molar-refractivity contribution in [2.45, 2.75) is 6.92 Å². The fourth-order valence-electron chi connectivity index (χ4n) is 2.90. The maximum absolute atomic E-state index is 12.9. The summed E-state index contributed by atoms with van der Waals surface area (Å²) >= 11 is 9.68. The smallest absolute Gasteiger partial charge is 0.295 e. The topological polar surface area (TPSA) is 59.8 Å². The summed E-state index contributed by atoms with van der Waals surface area (Å²) < 4.78 is 2.62. The Bertz CT molecular complexity index is 1150. The van der Waals surface area contributed by atoms with Crippen molar-refractivity contribution < 1.29 is 4.79 Å². The molecule has 0 unspecified atom stereocenters. The molecule has 0 saturated heterocycles. The number of nitrogens with one attached hydrogen (secondary N) is 1. The lowest BCUT2D eigenvalue weighted by atomic mass is 10.2. The molecule has 0 saturated carbocycles. The van der Waals surface area contributed by atoms with Crippen LogP contribution in [0, 0.1) is 6.92 Å². The van der Waals surface area contributed by atoms with E-state index in [1.165, 1.54) is 0 Å². The molecule has 0 bridgehead atoms. The summed E-state index contributed by atoms with van der Waals surface area (Å²) in [5.74, 6) is 0.217. The number of amides is 1. The van der Waals surface area contributed by atoms with Gasteiger partial charge < -0.3 is 5.32 Å². The highest BCUT2D eigenvalue weighted by molar-refractivity contribution is 9.10. The van der Waals surface area contributed by atoms with E-state index in [4.69, 9.17) is 11.6 Å². The Morgan fingerprint density at radius 3 is 2.41 bits per heavy atom. The standard InChI is InChI=1S/C22H16BrClN4O/c1-14-6-5-9-18(24)19(14)25-22(29)20-26-21(15-7-3-2-4-8-15)28(27-20)17-12-10-16(23)11-13-17/h2-13H,1H3,(H,25,29). The number of halogens is 2. The van der Waals surface area contributed by atoms with Gasteiger partial charge in [-0.1, -0.05) is 70.0 Å². The van der Waals surface area contributed by atoms with E-state index in [0.717, 1.165) is 21.3 Å². The number of carbonyl (C=O) groups excluding carboxylic acids is 1. The Labute approximate surface area is 181 Å². The summed E-state index contributed by atoms with van der Waals surface area (Å²) in [4.78, 5) is 17.4. The normalized spacial score (nSPS) is 10.7. The van der Waals surface area contributed by atoms with E-state index in [1.54, 1.807) is 10.7 Å². The molecule has 0 fully saturated rings. The minimum absolute atomic E-state index is 0.0612. The minimum Gasteiger partial charge on any atom is -0.318 e. The van der Waals surface area contributed by atoms with Gasteiger partial charge in [-0.2, -0.15) is 0 Å². The quantitative estimate of drug-likeness (QED) is 0.406. The molecule has 0 aliphatic heterocycles. The second-order valence-corrected chi connectivity index (χ2v) is 7.72. The molecule has 0 spiro atoms. The van der Waals surface area contributed by atoms with Crippen molar-refractivity contribution in [1.82, 2.24) is 14.8 Å². The average Bonchev–Trinajstić information content (AvgIpc) is 3.17. The molecule has 0 atom stereocenters. The van der Waals surface area contributed by atoms with Crippen LogP contribution in [0.25, 0.3) is 17.1 Å². The van der Waals surface area contributed by atoms with Crippen LogP contribution < -0.4 is 5.32 Å². The minimum atomic E-state index is -0.422. The highest BCUT2D eigenvalue weighted by Crippen LogP contribution is 2.26. The first-order valence-corrected chi connectivity index (χ1v) is 10.0. The Morgan fingerprint density at radius 2 is 1.72 bits per heavy atom. The van der Waals surface area contributed by atoms with Crippen LogP contribution in [-0.4, -0.2) is 20.7 Å². The van der Waals surface area contributed by atoms with E-state index < -0.39 is 5.91 Å². The molecule has 4 rings (SSSR count). The molecule has 0 radical (unpaired) electrons. The van der Waals surface area contributed by atoms with Crippen LogP contribution in [0.2, 0.25) is 5.02 Å². The Hall–Kier alpha value is -2.96. The Kier molecular flexibility index (Phi) is 5.47. The maximum atomic E-state index is 12.9. The van der Waals surface area contributed by atoms with Gasteiger partial charge in [0.15, 0.2) is 5.82 Å². The molecule has 3 aromatic carbocycles. The molecule has 7 heteroatoms.